The number of para-hydroxylation sites is 1. The van der Waals surface area contributed by atoms with Crippen LogP contribution in [0.25, 0.3) is 0 Å². The molecule has 1 saturated heterocycles. The Balaban J connectivity index is 1.43. The lowest BCUT2D eigenvalue weighted by Crippen LogP contribution is -2.39. The number of likely N-dealkylation sites (tertiary alicyclic amines) is 1. The van der Waals surface area contributed by atoms with Crippen molar-refractivity contribution in [1.29, 1.82) is 0 Å². The Morgan fingerprint density at radius 3 is 2.61 bits per heavy atom. The van der Waals surface area contributed by atoms with E-state index in [1.54, 1.807) is 6.20 Å². The van der Waals surface area contributed by atoms with Crippen LogP contribution in [-0.2, 0) is 6.61 Å². The number of aromatic nitrogens is 2. The highest BCUT2D eigenvalue weighted by molar-refractivity contribution is 9.10. The third-order valence-corrected chi connectivity index (χ3v) is 5.93. The van der Waals surface area contributed by atoms with E-state index in [9.17, 15) is 4.79 Å². The van der Waals surface area contributed by atoms with Crippen LogP contribution in [0.15, 0.2) is 71.7 Å². The highest BCUT2D eigenvalue weighted by Crippen LogP contribution is 2.27. The van der Waals surface area contributed by atoms with Gasteiger partial charge in [0, 0.05) is 41.6 Å². The highest BCUT2D eigenvalue weighted by Gasteiger charge is 2.26. The van der Waals surface area contributed by atoms with Crippen molar-refractivity contribution in [3.05, 3.63) is 82.9 Å². The Morgan fingerprint density at radius 2 is 1.86 bits per heavy atom. The molecule has 1 aliphatic rings. The van der Waals surface area contributed by atoms with Crippen LogP contribution < -0.4 is 4.74 Å². The molecule has 0 N–H and O–H groups in total. The fourth-order valence-electron chi connectivity index (χ4n) is 3.56. The first-order valence-electron chi connectivity index (χ1n) is 9.44. The smallest absolute Gasteiger partial charge is 0.257 e. The van der Waals surface area contributed by atoms with Gasteiger partial charge in [0.15, 0.2) is 0 Å². The van der Waals surface area contributed by atoms with Crippen molar-refractivity contribution in [1.82, 2.24) is 14.5 Å². The van der Waals surface area contributed by atoms with Crippen LogP contribution in [0.2, 0.25) is 0 Å². The fraction of sp³-hybridized carbons (Fsp3) is 0.273. The maximum absolute atomic E-state index is 13.1. The number of carbonyl (C=O) groups is 1. The van der Waals surface area contributed by atoms with E-state index in [0.29, 0.717) is 24.0 Å². The summed E-state index contributed by atoms with van der Waals surface area (Å²) >= 11 is 3.54. The van der Waals surface area contributed by atoms with Gasteiger partial charge in [-0.1, -0.05) is 46.3 Å². The molecule has 1 aromatic heterocycles. The molecule has 3 aromatic rings. The molecule has 0 atom stereocenters. The predicted molar refractivity (Wildman–Crippen MR) is 111 cm³/mol. The Hall–Kier alpha value is -2.60. The van der Waals surface area contributed by atoms with Crippen LogP contribution in [0.5, 0.6) is 5.75 Å². The van der Waals surface area contributed by atoms with Crippen molar-refractivity contribution in [2.24, 2.45) is 0 Å². The summed E-state index contributed by atoms with van der Waals surface area (Å²) in [5.74, 6) is 0.659. The molecule has 144 valence electrons. The molecule has 1 amide bonds. The zero-order valence-electron chi connectivity index (χ0n) is 15.5. The molecular weight excluding hydrogens is 418 g/mol. The molecule has 5 nitrogen and oxygen atoms in total. The van der Waals surface area contributed by atoms with E-state index in [2.05, 4.69) is 25.5 Å². The number of ether oxygens (including phenoxy) is 1. The van der Waals surface area contributed by atoms with Gasteiger partial charge in [-0.05, 0) is 31.0 Å². The van der Waals surface area contributed by atoms with E-state index in [-0.39, 0.29) is 5.91 Å². The summed E-state index contributed by atoms with van der Waals surface area (Å²) in [6.45, 7) is 1.88. The number of nitrogens with zero attached hydrogens (tertiary/aromatic N) is 3. The van der Waals surface area contributed by atoms with Gasteiger partial charge in [0.1, 0.15) is 12.4 Å². The van der Waals surface area contributed by atoms with Gasteiger partial charge in [0.05, 0.1) is 11.9 Å². The standard InChI is InChI=1S/C22H22BrN3O2/c23-20-7-3-1-5-17(20)15-28-21-8-4-2-6-19(21)22(27)25-12-9-18(10-13-25)26-14-11-24-16-26/h1-8,11,14,16,18H,9-10,12-13,15H2. The molecule has 1 aliphatic heterocycles. The van der Waals surface area contributed by atoms with E-state index >= 15 is 0 Å². The van der Waals surface area contributed by atoms with Gasteiger partial charge in [-0.15, -0.1) is 0 Å². The Kier molecular flexibility index (Phi) is 5.76. The minimum absolute atomic E-state index is 0.0341. The van der Waals surface area contributed by atoms with Crippen LogP contribution >= 0.6 is 15.9 Å². The van der Waals surface area contributed by atoms with Gasteiger partial charge in [-0.3, -0.25) is 4.79 Å². The average molecular weight is 440 g/mol. The van der Waals surface area contributed by atoms with Crippen LogP contribution in [0.4, 0.5) is 0 Å². The lowest BCUT2D eigenvalue weighted by molar-refractivity contribution is 0.0689. The maximum atomic E-state index is 13.1. The summed E-state index contributed by atoms with van der Waals surface area (Å²) in [5, 5.41) is 0. The Labute approximate surface area is 173 Å². The molecule has 0 spiro atoms. The van der Waals surface area contributed by atoms with Crippen molar-refractivity contribution in [3.8, 4) is 5.75 Å². The minimum Gasteiger partial charge on any atom is -0.488 e. The van der Waals surface area contributed by atoms with Gasteiger partial charge in [-0.2, -0.15) is 0 Å². The van der Waals surface area contributed by atoms with Crippen LogP contribution in [0, 0.1) is 0 Å². The second-order valence-corrected chi connectivity index (χ2v) is 7.76. The molecule has 0 radical (unpaired) electrons. The second-order valence-electron chi connectivity index (χ2n) is 6.91. The number of carbonyl (C=O) groups excluding carboxylic acids is 1. The van der Waals surface area contributed by atoms with E-state index in [4.69, 9.17) is 4.74 Å². The molecule has 28 heavy (non-hydrogen) atoms. The first-order chi connectivity index (χ1) is 13.7. The molecule has 6 heteroatoms. The van der Waals surface area contributed by atoms with E-state index < -0.39 is 0 Å². The first-order valence-corrected chi connectivity index (χ1v) is 10.2. The molecule has 0 saturated carbocycles. The zero-order valence-corrected chi connectivity index (χ0v) is 17.1. The Bertz CT molecular complexity index is 934. The van der Waals surface area contributed by atoms with Crippen LogP contribution in [0.3, 0.4) is 0 Å². The monoisotopic (exact) mass is 439 g/mol. The molecule has 0 aliphatic carbocycles. The molecule has 2 heterocycles. The van der Waals surface area contributed by atoms with E-state index in [1.165, 1.54) is 0 Å². The number of hydrogen-bond donors (Lipinski definition) is 0. The van der Waals surface area contributed by atoms with Crippen molar-refractivity contribution < 1.29 is 9.53 Å². The van der Waals surface area contributed by atoms with E-state index in [1.807, 2.05) is 66.0 Å². The number of imidazole rings is 1. The average Bonchev–Trinajstić information content (AvgIpc) is 3.28. The highest BCUT2D eigenvalue weighted by atomic mass is 79.9. The fourth-order valence-corrected chi connectivity index (χ4v) is 3.96. The molecule has 1 fully saturated rings. The van der Waals surface area contributed by atoms with Gasteiger partial charge in [0.25, 0.3) is 5.91 Å². The van der Waals surface area contributed by atoms with Crippen molar-refractivity contribution in [3.63, 3.8) is 0 Å². The lowest BCUT2D eigenvalue weighted by atomic mass is 10.0. The van der Waals surface area contributed by atoms with Crippen molar-refractivity contribution in [2.45, 2.75) is 25.5 Å². The van der Waals surface area contributed by atoms with E-state index in [0.717, 1.165) is 36.0 Å². The normalized spacial score (nSPS) is 14.8. The SMILES string of the molecule is O=C(c1ccccc1OCc1ccccc1Br)N1CCC(n2ccnc2)CC1. The quantitative estimate of drug-likeness (QED) is 0.578. The number of halogens is 1. The minimum atomic E-state index is 0.0341. The number of benzene rings is 2. The largest absolute Gasteiger partial charge is 0.488 e. The molecule has 0 unspecified atom stereocenters. The van der Waals surface area contributed by atoms with Crippen LogP contribution in [-0.4, -0.2) is 33.4 Å². The summed E-state index contributed by atoms with van der Waals surface area (Å²) in [6.07, 6.45) is 7.51. The van der Waals surface area contributed by atoms with Gasteiger partial charge < -0.3 is 14.2 Å². The molecular formula is C22H22BrN3O2. The maximum Gasteiger partial charge on any atom is 0.257 e. The summed E-state index contributed by atoms with van der Waals surface area (Å²) in [5.41, 5.74) is 1.67. The molecule has 0 bridgehead atoms. The number of piperidine rings is 1. The number of amides is 1. The lowest BCUT2D eigenvalue weighted by Gasteiger charge is -2.33. The summed E-state index contributed by atoms with van der Waals surface area (Å²) in [4.78, 5) is 19.2. The van der Waals surface area contributed by atoms with Gasteiger partial charge in [0.2, 0.25) is 0 Å². The second kappa shape index (κ2) is 8.61. The molecule has 2 aromatic carbocycles. The molecule has 4 rings (SSSR count). The predicted octanol–water partition coefficient (Wildman–Crippen LogP) is 4.70. The Morgan fingerprint density at radius 1 is 1.11 bits per heavy atom. The number of hydrogen-bond acceptors (Lipinski definition) is 3. The third kappa shape index (κ3) is 4.12. The summed E-state index contributed by atoms with van der Waals surface area (Å²) < 4.78 is 9.14. The summed E-state index contributed by atoms with van der Waals surface area (Å²) in [7, 11) is 0. The number of rotatable bonds is 5. The van der Waals surface area contributed by atoms with Crippen molar-refractivity contribution >= 4 is 21.8 Å². The van der Waals surface area contributed by atoms with Crippen LogP contribution in [0.1, 0.15) is 34.8 Å². The van der Waals surface area contributed by atoms with Crippen molar-refractivity contribution in [2.75, 3.05) is 13.1 Å². The topological polar surface area (TPSA) is 47.4 Å². The third-order valence-electron chi connectivity index (χ3n) is 5.16. The summed E-state index contributed by atoms with van der Waals surface area (Å²) in [6, 6.07) is 15.9. The first kappa shape index (κ1) is 18.7. The van der Waals surface area contributed by atoms with Gasteiger partial charge in [-0.25, -0.2) is 4.98 Å². The zero-order chi connectivity index (χ0) is 19.3. The van der Waals surface area contributed by atoms with Gasteiger partial charge >= 0.3 is 0 Å².